The number of piperidine rings is 1. The molecule has 2 nitrogen and oxygen atoms in total. The maximum absolute atomic E-state index is 6.30. The second-order valence-corrected chi connectivity index (χ2v) is 7.01. The first-order chi connectivity index (χ1) is 8.04. The summed E-state index contributed by atoms with van der Waals surface area (Å²) in [7, 11) is 0. The summed E-state index contributed by atoms with van der Waals surface area (Å²) < 4.78 is 0. The predicted octanol–water partition coefficient (Wildman–Crippen LogP) is 2.73. The molecule has 17 heavy (non-hydrogen) atoms. The number of hydrogen-bond donors (Lipinski definition) is 1. The van der Waals surface area contributed by atoms with Crippen LogP contribution in [-0.2, 0) is 0 Å². The molecule has 0 aromatic rings. The average Bonchev–Trinajstić information content (AvgIpc) is 2.22. The first-order valence-corrected chi connectivity index (χ1v) is 7.52. The fourth-order valence-electron chi connectivity index (χ4n) is 4.00. The molecule has 1 aliphatic carbocycles. The Bertz CT molecular complexity index is 231. The Morgan fingerprint density at radius 1 is 0.941 bits per heavy atom. The minimum atomic E-state index is 0.457. The van der Waals surface area contributed by atoms with E-state index in [1.807, 2.05) is 0 Å². The molecule has 2 aliphatic rings. The molecule has 1 aliphatic heterocycles. The third kappa shape index (κ3) is 3.69. The van der Waals surface area contributed by atoms with Gasteiger partial charge in [-0.3, -0.25) is 0 Å². The zero-order valence-electron chi connectivity index (χ0n) is 11.9. The van der Waals surface area contributed by atoms with Crippen molar-refractivity contribution in [1.29, 1.82) is 0 Å². The summed E-state index contributed by atoms with van der Waals surface area (Å²) in [6.45, 7) is 11.0. The number of nitrogens with zero attached hydrogens (tertiary/aromatic N) is 1. The Kier molecular flexibility index (Phi) is 4.48. The first-order valence-electron chi connectivity index (χ1n) is 7.52. The van der Waals surface area contributed by atoms with Gasteiger partial charge in [0.15, 0.2) is 0 Å². The molecule has 2 fully saturated rings. The van der Waals surface area contributed by atoms with E-state index in [1.54, 1.807) is 0 Å². The Labute approximate surface area is 107 Å². The van der Waals surface area contributed by atoms with Gasteiger partial charge in [0.1, 0.15) is 0 Å². The third-order valence-corrected chi connectivity index (χ3v) is 4.74. The molecule has 0 bridgehead atoms. The molecule has 0 aromatic carbocycles. The van der Waals surface area contributed by atoms with Crippen LogP contribution in [0.3, 0.4) is 0 Å². The molecule has 1 saturated heterocycles. The van der Waals surface area contributed by atoms with Crippen molar-refractivity contribution in [3.8, 4) is 0 Å². The lowest BCUT2D eigenvalue weighted by atomic mass is 9.78. The van der Waals surface area contributed by atoms with Crippen molar-refractivity contribution in [2.45, 2.75) is 52.5 Å². The summed E-state index contributed by atoms with van der Waals surface area (Å²) in [6.07, 6.45) is 5.33. The molecule has 0 aromatic heterocycles. The van der Waals surface area contributed by atoms with Gasteiger partial charge in [-0.05, 0) is 49.4 Å². The quantitative estimate of drug-likeness (QED) is 0.801. The van der Waals surface area contributed by atoms with Gasteiger partial charge in [0.2, 0.25) is 0 Å². The molecular formula is C15H30N2. The largest absolute Gasteiger partial charge is 0.327 e. The highest BCUT2D eigenvalue weighted by Crippen LogP contribution is 2.30. The fourth-order valence-corrected chi connectivity index (χ4v) is 4.00. The van der Waals surface area contributed by atoms with Crippen LogP contribution in [0.5, 0.6) is 0 Å². The van der Waals surface area contributed by atoms with Crippen LogP contribution in [0.2, 0.25) is 0 Å². The second-order valence-electron chi connectivity index (χ2n) is 7.01. The Morgan fingerprint density at radius 2 is 1.59 bits per heavy atom. The summed E-state index contributed by atoms with van der Waals surface area (Å²) in [5.74, 6) is 3.38. The topological polar surface area (TPSA) is 29.3 Å². The molecule has 0 radical (unpaired) electrons. The molecular weight excluding hydrogens is 208 g/mol. The minimum absolute atomic E-state index is 0.457. The Balaban J connectivity index is 1.86. The van der Waals surface area contributed by atoms with Crippen molar-refractivity contribution in [3.05, 3.63) is 0 Å². The fraction of sp³-hybridized carbons (Fsp3) is 1.00. The number of nitrogens with two attached hydrogens (primary N) is 1. The summed E-state index contributed by atoms with van der Waals surface area (Å²) in [6, 6.07) is 0.457. The molecule has 2 heteroatoms. The van der Waals surface area contributed by atoms with Crippen LogP contribution < -0.4 is 5.73 Å². The molecule has 1 saturated carbocycles. The van der Waals surface area contributed by atoms with E-state index in [0.717, 1.165) is 23.7 Å². The third-order valence-electron chi connectivity index (χ3n) is 4.74. The summed E-state index contributed by atoms with van der Waals surface area (Å²) in [4.78, 5) is 2.68. The van der Waals surface area contributed by atoms with Crippen molar-refractivity contribution in [1.82, 2.24) is 4.90 Å². The first kappa shape index (κ1) is 13.4. The van der Waals surface area contributed by atoms with Crippen molar-refractivity contribution in [2.75, 3.05) is 19.6 Å². The summed E-state index contributed by atoms with van der Waals surface area (Å²) in [5, 5.41) is 0. The molecule has 0 amide bonds. The molecule has 100 valence electrons. The highest BCUT2D eigenvalue weighted by atomic mass is 15.1. The van der Waals surface area contributed by atoms with Crippen molar-refractivity contribution in [2.24, 2.45) is 29.4 Å². The van der Waals surface area contributed by atoms with Gasteiger partial charge in [0.25, 0.3) is 0 Å². The zero-order chi connectivity index (χ0) is 12.4. The van der Waals surface area contributed by atoms with E-state index in [9.17, 15) is 0 Å². The molecule has 2 N–H and O–H groups in total. The van der Waals surface area contributed by atoms with Crippen molar-refractivity contribution in [3.63, 3.8) is 0 Å². The molecule has 1 heterocycles. The maximum Gasteiger partial charge on any atom is 0.00795 e. The highest BCUT2D eigenvalue weighted by Gasteiger charge is 2.30. The van der Waals surface area contributed by atoms with E-state index >= 15 is 0 Å². The smallest absolute Gasteiger partial charge is 0.00795 e. The molecule has 0 spiro atoms. The van der Waals surface area contributed by atoms with Crippen LogP contribution >= 0.6 is 0 Å². The van der Waals surface area contributed by atoms with Gasteiger partial charge in [-0.1, -0.05) is 20.8 Å². The highest BCUT2D eigenvalue weighted by molar-refractivity contribution is 4.85. The SMILES string of the molecule is CC1CCC(N)C(CN2CC(C)CC(C)C2)C1. The number of hydrogen-bond acceptors (Lipinski definition) is 2. The van der Waals surface area contributed by atoms with E-state index in [0.29, 0.717) is 6.04 Å². The van der Waals surface area contributed by atoms with Gasteiger partial charge in [0.05, 0.1) is 0 Å². The second kappa shape index (κ2) is 5.71. The van der Waals surface area contributed by atoms with Gasteiger partial charge in [-0.25, -0.2) is 0 Å². The van der Waals surface area contributed by atoms with Gasteiger partial charge in [0, 0.05) is 25.7 Å². The van der Waals surface area contributed by atoms with E-state index in [-0.39, 0.29) is 0 Å². The molecule has 2 rings (SSSR count). The lowest BCUT2D eigenvalue weighted by molar-refractivity contribution is 0.0970. The lowest BCUT2D eigenvalue weighted by Crippen LogP contribution is -2.47. The standard InChI is InChI=1S/C15H30N2/c1-11-4-5-15(16)14(7-11)10-17-8-12(2)6-13(3)9-17/h11-15H,4-10,16H2,1-3H3. The number of rotatable bonds is 2. The summed E-state index contributed by atoms with van der Waals surface area (Å²) in [5.41, 5.74) is 6.30. The number of likely N-dealkylation sites (tertiary alicyclic amines) is 1. The molecule has 5 unspecified atom stereocenters. The van der Waals surface area contributed by atoms with Crippen LogP contribution in [0.4, 0.5) is 0 Å². The van der Waals surface area contributed by atoms with Gasteiger partial charge in [-0.15, -0.1) is 0 Å². The van der Waals surface area contributed by atoms with Crippen LogP contribution in [0.15, 0.2) is 0 Å². The normalized spacial score (nSPS) is 44.8. The van der Waals surface area contributed by atoms with E-state index in [4.69, 9.17) is 5.73 Å². The van der Waals surface area contributed by atoms with Gasteiger partial charge < -0.3 is 10.6 Å². The van der Waals surface area contributed by atoms with E-state index in [2.05, 4.69) is 25.7 Å². The minimum Gasteiger partial charge on any atom is -0.327 e. The van der Waals surface area contributed by atoms with Crippen LogP contribution in [0, 0.1) is 23.7 Å². The maximum atomic E-state index is 6.30. The van der Waals surface area contributed by atoms with E-state index in [1.165, 1.54) is 45.3 Å². The monoisotopic (exact) mass is 238 g/mol. The van der Waals surface area contributed by atoms with Crippen LogP contribution in [-0.4, -0.2) is 30.6 Å². The van der Waals surface area contributed by atoms with Gasteiger partial charge >= 0.3 is 0 Å². The molecule has 5 atom stereocenters. The van der Waals surface area contributed by atoms with Gasteiger partial charge in [-0.2, -0.15) is 0 Å². The zero-order valence-corrected chi connectivity index (χ0v) is 11.9. The van der Waals surface area contributed by atoms with E-state index < -0.39 is 0 Å². The predicted molar refractivity (Wildman–Crippen MR) is 73.9 cm³/mol. The Hall–Kier alpha value is -0.0800. The lowest BCUT2D eigenvalue weighted by Gasteiger charge is -2.40. The van der Waals surface area contributed by atoms with Crippen LogP contribution in [0.25, 0.3) is 0 Å². The van der Waals surface area contributed by atoms with Crippen molar-refractivity contribution >= 4 is 0 Å². The average molecular weight is 238 g/mol. The Morgan fingerprint density at radius 3 is 2.24 bits per heavy atom. The summed E-state index contributed by atoms with van der Waals surface area (Å²) >= 11 is 0. The van der Waals surface area contributed by atoms with Crippen LogP contribution in [0.1, 0.15) is 46.5 Å². The van der Waals surface area contributed by atoms with Crippen molar-refractivity contribution < 1.29 is 0 Å².